The van der Waals surface area contributed by atoms with E-state index in [1.165, 1.54) is 11.1 Å². The molecule has 0 atom stereocenters. The smallest absolute Gasteiger partial charge is 0.0484 e. The number of nitrogen functional groups attached to an aromatic ring is 1. The van der Waals surface area contributed by atoms with Crippen molar-refractivity contribution in [1.29, 1.82) is 0 Å². The first-order chi connectivity index (χ1) is 13.7. The van der Waals surface area contributed by atoms with Crippen LogP contribution in [0.2, 0.25) is 5.02 Å². The molecule has 0 amide bonds. The lowest BCUT2D eigenvalue weighted by atomic mass is 9.98. The summed E-state index contributed by atoms with van der Waals surface area (Å²) in [5, 5.41) is 0.769. The highest BCUT2D eigenvalue weighted by molar-refractivity contribution is 6.32. The molecule has 0 unspecified atom stereocenters. The van der Waals surface area contributed by atoms with Crippen LogP contribution in [-0.4, -0.2) is 23.0 Å². The molecule has 0 saturated carbocycles. The van der Waals surface area contributed by atoms with Gasteiger partial charge in [-0.3, -0.25) is 9.88 Å². The molecule has 2 N–H and O–H groups in total. The standard InChI is InChI=1S/C24H24ClN3/c25-23-15-20(22-5-1-2-6-24(22)26)7-8-21(23)14-18-9-12-28(13-10-18)17-19-4-3-11-27-16-19/h1-8,11,14-16H,9-10,12-13,17,26H2. The maximum absolute atomic E-state index is 6.58. The van der Waals surface area contributed by atoms with Gasteiger partial charge in [-0.1, -0.05) is 59.6 Å². The van der Waals surface area contributed by atoms with Gasteiger partial charge in [0.1, 0.15) is 0 Å². The summed E-state index contributed by atoms with van der Waals surface area (Å²) in [6.07, 6.45) is 8.17. The number of anilines is 1. The van der Waals surface area contributed by atoms with Crippen LogP contribution in [0.4, 0.5) is 5.69 Å². The molecular formula is C24H24ClN3. The highest BCUT2D eigenvalue weighted by Crippen LogP contribution is 2.31. The van der Waals surface area contributed by atoms with E-state index in [0.29, 0.717) is 0 Å². The van der Waals surface area contributed by atoms with E-state index in [9.17, 15) is 0 Å². The first kappa shape index (κ1) is 18.7. The summed E-state index contributed by atoms with van der Waals surface area (Å²) in [5.41, 5.74) is 12.7. The van der Waals surface area contributed by atoms with Crippen LogP contribution in [0.15, 0.2) is 72.6 Å². The van der Waals surface area contributed by atoms with Gasteiger partial charge in [0.25, 0.3) is 0 Å². The monoisotopic (exact) mass is 389 g/mol. The van der Waals surface area contributed by atoms with E-state index in [2.05, 4.69) is 34.2 Å². The first-order valence-corrected chi connectivity index (χ1v) is 10.0. The van der Waals surface area contributed by atoms with Crippen LogP contribution in [0, 0.1) is 0 Å². The Morgan fingerprint density at radius 3 is 2.57 bits per heavy atom. The minimum absolute atomic E-state index is 0.769. The highest BCUT2D eigenvalue weighted by atomic mass is 35.5. The summed E-state index contributed by atoms with van der Waals surface area (Å²) in [7, 11) is 0. The second-order valence-electron chi connectivity index (χ2n) is 7.26. The molecule has 0 bridgehead atoms. The predicted octanol–water partition coefficient (Wildman–Crippen LogP) is 5.66. The first-order valence-electron chi connectivity index (χ1n) is 9.64. The van der Waals surface area contributed by atoms with Crippen LogP contribution in [-0.2, 0) is 6.54 Å². The van der Waals surface area contributed by atoms with Crippen molar-refractivity contribution in [2.45, 2.75) is 19.4 Å². The highest BCUT2D eigenvalue weighted by Gasteiger charge is 2.15. The number of hydrogen-bond acceptors (Lipinski definition) is 3. The van der Waals surface area contributed by atoms with Gasteiger partial charge in [0.05, 0.1) is 0 Å². The molecule has 0 spiro atoms. The van der Waals surface area contributed by atoms with Gasteiger partial charge in [0.15, 0.2) is 0 Å². The Bertz CT molecular complexity index is 972. The van der Waals surface area contributed by atoms with Crippen molar-refractivity contribution >= 4 is 23.4 Å². The maximum Gasteiger partial charge on any atom is 0.0484 e. The maximum atomic E-state index is 6.58. The largest absolute Gasteiger partial charge is 0.398 e. The molecule has 142 valence electrons. The van der Waals surface area contributed by atoms with Crippen LogP contribution in [0.5, 0.6) is 0 Å². The third-order valence-corrected chi connectivity index (χ3v) is 5.59. The summed E-state index contributed by atoms with van der Waals surface area (Å²) in [5.74, 6) is 0. The number of para-hydroxylation sites is 1. The van der Waals surface area contributed by atoms with E-state index in [0.717, 1.165) is 59.9 Å². The lowest BCUT2D eigenvalue weighted by Crippen LogP contribution is -2.30. The van der Waals surface area contributed by atoms with Gasteiger partial charge in [-0.15, -0.1) is 0 Å². The molecule has 1 aromatic heterocycles. The fraction of sp³-hybridized carbons (Fsp3) is 0.208. The van der Waals surface area contributed by atoms with Gasteiger partial charge in [0.2, 0.25) is 0 Å². The van der Waals surface area contributed by atoms with E-state index in [4.69, 9.17) is 17.3 Å². The number of pyridine rings is 1. The van der Waals surface area contributed by atoms with E-state index in [-0.39, 0.29) is 0 Å². The second kappa shape index (κ2) is 8.59. The molecule has 0 aliphatic carbocycles. The zero-order chi connectivity index (χ0) is 19.3. The van der Waals surface area contributed by atoms with Gasteiger partial charge in [0, 0.05) is 48.3 Å². The fourth-order valence-corrected chi connectivity index (χ4v) is 3.92. The molecule has 1 aliphatic rings. The van der Waals surface area contributed by atoms with E-state index < -0.39 is 0 Å². The van der Waals surface area contributed by atoms with Crippen LogP contribution < -0.4 is 5.73 Å². The fourth-order valence-electron chi connectivity index (χ4n) is 3.68. The van der Waals surface area contributed by atoms with Gasteiger partial charge in [-0.05, 0) is 47.7 Å². The van der Waals surface area contributed by atoms with Crippen molar-refractivity contribution in [3.05, 3.63) is 88.7 Å². The van der Waals surface area contributed by atoms with E-state index >= 15 is 0 Å². The number of benzene rings is 2. The lowest BCUT2D eigenvalue weighted by Gasteiger charge is -2.28. The minimum atomic E-state index is 0.769. The van der Waals surface area contributed by atoms with Crippen LogP contribution >= 0.6 is 11.6 Å². The third kappa shape index (κ3) is 4.44. The van der Waals surface area contributed by atoms with Crippen molar-refractivity contribution in [2.75, 3.05) is 18.8 Å². The number of hydrogen-bond donors (Lipinski definition) is 1. The number of piperidine rings is 1. The molecule has 3 nitrogen and oxygen atoms in total. The van der Waals surface area contributed by atoms with Gasteiger partial charge < -0.3 is 5.73 Å². The number of halogens is 1. The molecule has 1 fully saturated rings. The average Bonchev–Trinajstić information content (AvgIpc) is 2.72. The van der Waals surface area contributed by atoms with Gasteiger partial charge in [-0.25, -0.2) is 0 Å². The Kier molecular flexibility index (Phi) is 5.75. The van der Waals surface area contributed by atoms with E-state index in [1.54, 1.807) is 0 Å². The number of aromatic nitrogens is 1. The predicted molar refractivity (Wildman–Crippen MR) is 118 cm³/mol. The molecule has 1 saturated heterocycles. The second-order valence-corrected chi connectivity index (χ2v) is 7.67. The zero-order valence-electron chi connectivity index (χ0n) is 15.8. The summed E-state index contributed by atoms with van der Waals surface area (Å²) in [6.45, 7) is 3.10. The summed E-state index contributed by atoms with van der Waals surface area (Å²) < 4.78 is 0. The molecule has 4 heteroatoms. The summed E-state index contributed by atoms with van der Waals surface area (Å²) in [4.78, 5) is 6.69. The van der Waals surface area contributed by atoms with Crippen LogP contribution in [0.25, 0.3) is 17.2 Å². The van der Waals surface area contributed by atoms with Crippen molar-refractivity contribution in [1.82, 2.24) is 9.88 Å². The quantitative estimate of drug-likeness (QED) is 0.585. The Morgan fingerprint density at radius 1 is 1.04 bits per heavy atom. The molecule has 28 heavy (non-hydrogen) atoms. The van der Waals surface area contributed by atoms with Crippen molar-refractivity contribution in [3.8, 4) is 11.1 Å². The molecule has 2 heterocycles. The van der Waals surface area contributed by atoms with Crippen LogP contribution in [0.3, 0.4) is 0 Å². The zero-order valence-corrected chi connectivity index (χ0v) is 16.6. The number of nitrogens with two attached hydrogens (primary N) is 1. The Labute approximate surface area is 171 Å². The summed E-state index contributed by atoms with van der Waals surface area (Å²) in [6, 6.07) is 18.2. The van der Waals surface area contributed by atoms with Crippen LogP contribution in [0.1, 0.15) is 24.0 Å². The Balaban J connectivity index is 1.43. The molecule has 4 rings (SSSR count). The number of rotatable bonds is 4. The Morgan fingerprint density at radius 2 is 1.86 bits per heavy atom. The number of nitrogens with zero attached hydrogens (tertiary/aromatic N) is 2. The SMILES string of the molecule is Nc1ccccc1-c1ccc(C=C2CCN(Cc3cccnc3)CC2)c(Cl)c1. The average molecular weight is 390 g/mol. The number of likely N-dealkylation sites (tertiary alicyclic amines) is 1. The Hall–Kier alpha value is -2.62. The molecule has 3 aromatic rings. The minimum Gasteiger partial charge on any atom is -0.398 e. The normalized spacial score (nSPS) is 14.8. The van der Waals surface area contributed by atoms with Crippen molar-refractivity contribution in [2.24, 2.45) is 0 Å². The van der Waals surface area contributed by atoms with Crippen molar-refractivity contribution < 1.29 is 0 Å². The van der Waals surface area contributed by atoms with Gasteiger partial charge >= 0.3 is 0 Å². The molecule has 2 aromatic carbocycles. The third-order valence-electron chi connectivity index (χ3n) is 5.26. The van der Waals surface area contributed by atoms with Crippen molar-refractivity contribution in [3.63, 3.8) is 0 Å². The summed E-state index contributed by atoms with van der Waals surface area (Å²) >= 11 is 6.58. The lowest BCUT2D eigenvalue weighted by molar-refractivity contribution is 0.248. The van der Waals surface area contributed by atoms with E-state index in [1.807, 2.05) is 48.8 Å². The molecule has 0 radical (unpaired) electrons. The molecule has 1 aliphatic heterocycles. The molecular weight excluding hydrogens is 366 g/mol. The van der Waals surface area contributed by atoms with Gasteiger partial charge in [-0.2, -0.15) is 0 Å². The topological polar surface area (TPSA) is 42.1 Å².